The number of aliphatic imine (C=N–C) groups is 1. The predicted octanol–water partition coefficient (Wildman–Crippen LogP) is 3.03. The van der Waals surface area contributed by atoms with Crippen LogP contribution in [0.25, 0.3) is 0 Å². The number of carbonyl (C=O) groups excluding carboxylic acids is 1. The topological polar surface area (TPSA) is 99.3 Å². The summed E-state index contributed by atoms with van der Waals surface area (Å²) in [6.07, 6.45) is 1.72. The van der Waals surface area contributed by atoms with E-state index in [1.807, 2.05) is 22.6 Å². The number of benzene rings is 1. The number of ketones is 1. The summed E-state index contributed by atoms with van der Waals surface area (Å²) in [4.78, 5) is 26.6. The summed E-state index contributed by atoms with van der Waals surface area (Å²) in [7, 11) is 0. The highest BCUT2D eigenvalue weighted by Crippen LogP contribution is 2.32. The lowest BCUT2D eigenvalue weighted by atomic mass is 10.0. The zero-order valence-corrected chi connectivity index (χ0v) is 13.0. The van der Waals surface area contributed by atoms with Gasteiger partial charge in [0.25, 0.3) is 0 Å². The van der Waals surface area contributed by atoms with Crippen LogP contribution in [0.5, 0.6) is 0 Å². The molecule has 1 aromatic rings. The molecule has 0 aromatic heterocycles. The van der Waals surface area contributed by atoms with Crippen molar-refractivity contribution in [1.29, 1.82) is 0 Å². The van der Waals surface area contributed by atoms with Gasteiger partial charge in [0.1, 0.15) is 5.69 Å². The first-order valence-electron chi connectivity index (χ1n) is 5.37. The van der Waals surface area contributed by atoms with Gasteiger partial charge in [0.05, 0.1) is 30.0 Å². The molecular formula is C12H10ClIN2O4. The molecule has 20 heavy (non-hydrogen) atoms. The van der Waals surface area contributed by atoms with Gasteiger partial charge >= 0.3 is 0 Å². The van der Waals surface area contributed by atoms with E-state index in [2.05, 4.69) is 10.2 Å². The van der Waals surface area contributed by atoms with E-state index in [1.54, 1.807) is 0 Å². The molecule has 6 nitrogen and oxygen atoms in total. The summed E-state index contributed by atoms with van der Waals surface area (Å²) in [6, 6.07) is 2.91. The second-order valence-electron chi connectivity index (χ2n) is 3.55. The number of halogens is 2. The Labute approximate surface area is 133 Å². The van der Waals surface area contributed by atoms with Gasteiger partial charge in [-0.05, 0) is 39.9 Å². The first-order valence-corrected chi connectivity index (χ1v) is 6.83. The minimum Gasteiger partial charge on any atom is -0.515 e. The lowest BCUT2D eigenvalue weighted by Gasteiger charge is -2.06. The Bertz CT molecular complexity index is 587. The van der Waals surface area contributed by atoms with Crippen LogP contribution in [0, 0.1) is 8.48 Å². The van der Waals surface area contributed by atoms with Gasteiger partial charge in [-0.3, -0.25) is 9.79 Å². The molecule has 1 rings (SSSR count). The third kappa shape index (κ3) is 4.09. The number of allylic oxidation sites excluding steroid dienone is 1. The summed E-state index contributed by atoms with van der Waals surface area (Å²) < 4.78 is 0.606. The maximum atomic E-state index is 12.2. The van der Waals surface area contributed by atoms with Gasteiger partial charge in [0, 0.05) is 15.3 Å². The van der Waals surface area contributed by atoms with Crippen LogP contribution in [0.2, 0.25) is 5.02 Å². The van der Waals surface area contributed by atoms with Gasteiger partial charge in [-0.15, -0.1) is 4.91 Å². The highest BCUT2D eigenvalue weighted by atomic mass is 127. The molecule has 0 bridgehead atoms. The summed E-state index contributed by atoms with van der Waals surface area (Å²) in [5.41, 5.74) is -0.116. The molecule has 1 aromatic carbocycles. The van der Waals surface area contributed by atoms with Crippen molar-refractivity contribution >= 4 is 51.9 Å². The maximum absolute atomic E-state index is 12.2. The van der Waals surface area contributed by atoms with Gasteiger partial charge in [-0.25, -0.2) is 0 Å². The zero-order chi connectivity index (χ0) is 15.1. The Hall–Kier alpha value is -1.32. The lowest BCUT2D eigenvalue weighted by molar-refractivity contribution is 0.103. The molecule has 0 aliphatic rings. The van der Waals surface area contributed by atoms with E-state index in [4.69, 9.17) is 21.8 Å². The van der Waals surface area contributed by atoms with Crippen LogP contribution >= 0.6 is 34.2 Å². The molecular weight excluding hydrogens is 398 g/mol. The third-order valence-corrected chi connectivity index (χ3v) is 3.24. The first kappa shape index (κ1) is 16.7. The van der Waals surface area contributed by atoms with Crippen LogP contribution in [-0.4, -0.2) is 35.4 Å². The van der Waals surface area contributed by atoms with E-state index in [-0.39, 0.29) is 35.0 Å². The standard InChI is InChI=1S/C12H10ClIN2O4/c13-11-9(3-8(14)4-10(11)16-20)12(19)7(6-18)5-15-1-2-17/h3-6,17-18H,1-2H2. The first-order chi connectivity index (χ1) is 9.54. The molecule has 0 aliphatic heterocycles. The summed E-state index contributed by atoms with van der Waals surface area (Å²) in [5.74, 6) is -0.595. The average molecular weight is 409 g/mol. The van der Waals surface area contributed by atoms with Crippen LogP contribution in [-0.2, 0) is 0 Å². The number of aliphatic hydroxyl groups excluding tert-OH is 2. The Morgan fingerprint density at radius 2 is 2.15 bits per heavy atom. The molecule has 0 radical (unpaired) electrons. The summed E-state index contributed by atoms with van der Waals surface area (Å²) in [6.45, 7) is -0.0710. The number of hydrogen-bond donors (Lipinski definition) is 2. The fourth-order valence-corrected chi connectivity index (χ4v) is 2.17. The monoisotopic (exact) mass is 408 g/mol. The van der Waals surface area contributed by atoms with Crippen molar-refractivity contribution in [1.82, 2.24) is 0 Å². The van der Waals surface area contributed by atoms with Crippen molar-refractivity contribution in [2.24, 2.45) is 10.2 Å². The highest BCUT2D eigenvalue weighted by Gasteiger charge is 2.18. The SMILES string of the molecule is O=Nc1cc(I)cc(C(=O)C(C=NCCO)=CO)c1Cl. The molecule has 0 saturated carbocycles. The molecule has 2 N–H and O–H groups in total. The number of rotatable bonds is 6. The minimum atomic E-state index is -0.595. The third-order valence-electron chi connectivity index (χ3n) is 2.22. The van der Waals surface area contributed by atoms with Gasteiger partial charge in [-0.1, -0.05) is 11.6 Å². The molecule has 0 fully saturated rings. The van der Waals surface area contributed by atoms with E-state index >= 15 is 0 Å². The second-order valence-corrected chi connectivity index (χ2v) is 5.17. The molecule has 8 heteroatoms. The van der Waals surface area contributed by atoms with Crippen LogP contribution < -0.4 is 0 Å². The van der Waals surface area contributed by atoms with E-state index in [1.165, 1.54) is 12.1 Å². The normalized spacial score (nSPS) is 11.8. The number of nitroso groups, excluding NO2 is 1. The van der Waals surface area contributed by atoms with Gasteiger partial charge < -0.3 is 10.2 Å². The Kier molecular flexibility index (Phi) is 6.76. The fraction of sp³-hybridized carbons (Fsp3) is 0.167. The second kappa shape index (κ2) is 8.08. The minimum absolute atomic E-state index is 0.0453. The number of nitrogens with zero attached hydrogens (tertiary/aromatic N) is 2. The van der Waals surface area contributed by atoms with E-state index in [9.17, 15) is 9.70 Å². The van der Waals surface area contributed by atoms with E-state index < -0.39 is 5.78 Å². The maximum Gasteiger partial charge on any atom is 0.199 e. The van der Waals surface area contributed by atoms with Crippen LogP contribution in [0.1, 0.15) is 10.4 Å². The van der Waals surface area contributed by atoms with Crippen molar-refractivity contribution in [3.8, 4) is 0 Å². The van der Waals surface area contributed by atoms with Crippen molar-refractivity contribution in [2.45, 2.75) is 0 Å². The molecule has 0 amide bonds. The summed E-state index contributed by atoms with van der Waals surface area (Å²) >= 11 is 7.84. The van der Waals surface area contributed by atoms with Crippen LogP contribution in [0.3, 0.4) is 0 Å². The molecule has 0 saturated heterocycles. The number of aliphatic hydroxyl groups is 2. The molecule has 0 aliphatic carbocycles. The van der Waals surface area contributed by atoms with Gasteiger partial charge in [0.2, 0.25) is 0 Å². The van der Waals surface area contributed by atoms with Crippen molar-refractivity contribution < 1.29 is 15.0 Å². The number of hydrogen-bond acceptors (Lipinski definition) is 6. The molecule has 0 spiro atoms. The molecule has 0 atom stereocenters. The quantitative estimate of drug-likeness (QED) is 0.189. The Morgan fingerprint density at radius 3 is 2.70 bits per heavy atom. The largest absolute Gasteiger partial charge is 0.515 e. The van der Waals surface area contributed by atoms with Gasteiger partial charge in [-0.2, -0.15) is 0 Å². The fourth-order valence-electron chi connectivity index (χ4n) is 1.33. The van der Waals surface area contributed by atoms with Gasteiger partial charge in [0.15, 0.2) is 5.78 Å². The Balaban J connectivity index is 3.20. The predicted molar refractivity (Wildman–Crippen MR) is 85.1 cm³/mol. The van der Waals surface area contributed by atoms with Crippen molar-refractivity contribution in [3.05, 3.63) is 43.0 Å². The zero-order valence-electron chi connectivity index (χ0n) is 10.1. The molecule has 0 unspecified atom stereocenters. The average Bonchev–Trinajstić information content (AvgIpc) is 2.45. The smallest absolute Gasteiger partial charge is 0.199 e. The van der Waals surface area contributed by atoms with Crippen LogP contribution in [0.15, 0.2) is 34.1 Å². The van der Waals surface area contributed by atoms with Crippen molar-refractivity contribution in [3.63, 3.8) is 0 Å². The lowest BCUT2D eigenvalue weighted by Crippen LogP contribution is -2.07. The summed E-state index contributed by atoms with van der Waals surface area (Å²) in [5, 5.41) is 20.3. The van der Waals surface area contributed by atoms with E-state index in [0.717, 1.165) is 6.21 Å². The highest BCUT2D eigenvalue weighted by molar-refractivity contribution is 14.1. The number of Topliss-reactive ketones (excluding diaryl/α,β-unsaturated/α-hetero) is 1. The van der Waals surface area contributed by atoms with E-state index in [0.29, 0.717) is 9.83 Å². The Morgan fingerprint density at radius 1 is 1.45 bits per heavy atom. The van der Waals surface area contributed by atoms with Crippen molar-refractivity contribution in [2.75, 3.05) is 13.2 Å². The van der Waals surface area contributed by atoms with Crippen LogP contribution in [0.4, 0.5) is 5.69 Å². The number of carbonyl (C=O) groups is 1. The molecule has 106 valence electrons. The molecule has 0 heterocycles.